The summed E-state index contributed by atoms with van der Waals surface area (Å²) in [5, 5.41) is 3.29. The van der Waals surface area contributed by atoms with Gasteiger partial charge in [0.05, 0.1) is 0 Å². The summed E-state index contributed by atoms with van der Waals surface area (Å²) in [6.45, 7) is 15.5. The lowest BCUT2D eigenvalue weighted by Gasteiger charge is -2.20. The van der Waals surface area contributed by atoms with Crippen LogP contribution in [0.5, 0.6) is 0 Å². The van der Waals surface area contributed by atoms with E-state index in [9.17, 15) is 0 Å². The molecule has 0 aliphatic heterocycles. The third-order valence-electron chi connectivity index (χ3n) is 2.22. The van der Waals surface area contributed by atoms with Crippen LogP contribution in [-0.4, -0.2) is 6.54 Å². The smallest absolute Gasteiger partial charge is 0.0352 e. The highest BCUT2D eigenvalue weighted by molar-refractivity contribution is 5.22. The maximum absolute atomic E-state index is 3.82. The minimum absolute atomic E-state index is 0.165. The fourth-order valence-corrected chi connectivity index (χ4v) is 1.01. The van der Waals surface area contributed by atoms with Gasteiger partial charge in [-0.15, -0.1) is 0 Å². The monoisotopic (exact) mass is 193 g/mol. The molecule has 1 nitrogen and oxygen atoms in total. The van der Waals surface area contributed by atoms with Gasteiger partial charge in [-0.25, -0.2) is 0 Å². The van der Waals surface area contributed by atoms with Crippen LogP contribution >= 0.6 is 0 Å². The molecule has 0 amide bonds. The topological polar surface area (TPSA) is 12.0 Å². The van der Waals surface area contributed by atoms with Crippen LogP contribution in [-0.2, 0) is 0 Å². The quantitative estimate of drug-likeness (QED) is 0.531. The van der Waals surface area contributed by atoms with E-state index in [-0.39, 0.29) is 5.41 Å². The van der Waals surface area contributed by atoms with Crippen molar-refractivity contribution in [2.75, 3.05) is 6.54 Å². The number of hydrogen-bond donors (Lipinski definition) is 1. The maximum Gasteiger partial charge on any atom is 0.0352 e. The van der Waals surface area contributed by atoms with Crippen molar-refractivity contribution in [1.29, 1.82) is 0 Å². The van der Waals surface area contributed by atoms with Crippen LogP contribution in [0.15, 0.2) is 36.1 Å². The van der Waals surface area contributed by atoms with Gasteiger partial charge in [-0.05, 0) is 24.8 Å². The average Bonchev–Trinajstić information content (AvgIpc) is 2.09. The van der Waals surface area contributed by atoms with Crippen LogP contribution in [0.1, 0.15) is 34.6 Å². The highest BCUT2D eigenvalue weighted by atomic mass is 14.8. The molecule has 0 spiro atoms. The molecule has 14 heavy (non-hydrogen) atoms. The SMILES string of the molecule is C=C/C(=C\NCC(C)=CC)C(C)(C)C. The van der Waals surface area contributed by atoms with Crippen molar-refractivity contribution in [2.24, 2.45) is 5.41 Å². The van der Waals surface area contributed by atoms with Gasteiger partial charge in [0.15, 0.2) is 0 Å². The summed E-state index contributed by atoms with van der Waals surface area (Å²) in [4.78, 5) is 0. The van der Waals surface area contributed by atoms with Crippen LogP contribution in [0.4, 0.5) is 0 Å². The van der Waals surface area contributed by atoms with Crippen molar-refractivity contribution in [2.45, 2.75) is 34.6 Å². The standard InChI is InChI=1S/C13H23N/c1-7-11(3)9-14-10-12(8-2)13(4,5)6/h7-8,10,14H,2,9H2,1,3-6H3/b11-7?,12-10+. The summed E-state index contributed by atoms with van der Waals surface area (Å²) in [6.07, 6.45) is 6.09. The van der Waals surface area contributed by atoms with Crippen LogP contribution in [0.2, 0.25) is 0 Å². The zero-order valence-electron chi connectivity index (χ0n) is 10.1. The molecule has 0 saturated heterocycles. The molecule has 0 aliphatic carbocycles. The molecule has 80 valence electrons. The van der Waals surface area contributed by atoms with E-state index in [2.05, 4.69) is 58.8 Å². The number of hydrogen-bond acceptors (Lipinski definition) is 1. The summed E-state index contributed by atoms with van der Waals surface area (Å²) in [5.74, 6) is 0. The number of rotatable bonds is 4. The first-order chi connectivity index (χ1) is 6.41. The molecule has 0 saturated carbocycles. The number of allylic oxidation sites excluding steroid dienone is 3. The third-order valence-corrected chi connectivity index (χ3v) is 2.22. The van der Waals surface area contributed by atoms with Crippen molar-refractivity contribution in [3.8, 4) is 0 Å². The second kappa shape index (κ2) is 5.69. The third kappa shape index (κ3) is 4.90. The normalized spacial score (nSPS) is 14.1. The zero-order chi connectivity index (χ0) is 11.2. The summed E-state index contributed by atoms with van der Waals surface area (Å²) >= 11 is 0. The van der Waals surface area contributed by atoms with Crippen LogP contribution in [0.3, 0.4) is 0 Å². The molecular formula is C13H23N. The molecule has 0 heterocycles. The highest BCUT2D eigenvalue weighted by Crippen LogP contribution is 2.24. The molecule has 1 heteroatoms. The van der Waals surface area contributed by atoms with Crippen molar-refractivity contribution in [3.05, 3.63) is 36.1 Å². The molecular weight excluding hydrogens is 170 g/mol. The maximum atomic E-state index is 3.82. The molecule has 1 N–H and O–H groups in total. The van der Waals surface area contributed by atoms with E-state index < -0.39 is 0 Å². The fraction of sp³-hybridized carbons (Fsp3) is 0.538. The van der Waals surface area contributed by atoms with E-state index >= 15 is 0 Å². The lowest BCUT2D eigenvalue weighted by atomic mass is 9.87. The van der Waals surface area contributed by atoms with E-state index in [0.29, 0.717) is 0 Å². The first kappa shape index (κ1) is 13.0. The van der Waals surface area contributed by atoms with Crippen molar-refractivity contribution in [3.63, 3.8) is 0 Å². The van der Waals surface area contributed by atoms with E-state index in [1.165, 1.54) is 11.1 Å². The van der Waals surface area contributed by atoms with Gasteiger partial charge in [0.2, 0.25) is 0 Å². The van der Waals surface area contributed by atoms with Gasteiger partial charge >= 0.3 is 0 Å². The molecule has 0 radical (unpaired) electrons. The Kier molecular flexibility index (Phi) is 5.29. The van der Waals surface area contributed by atoms with Crippen molar-refractivity contribution < 1.29 is 0 Å². The van der Waals surface area contributed by atoms with Gasteiger partial charge in [0.25, 0.3) is 0 Å². The Balaban J connectivity index is 4.28. The van der Waals surface area contributed by atoms with Gasteiger partial charge in [0, 0.05) is 12.7 Å². The molecule has 0 rings (SSSR count). The van der Waals surface area contributed by atoms with E-state index in [4.69, 9.17) is 0 Å². The second-order valence-corrected chi connectivity index (χ2v) is 4.57. The Bertz CT molecular complexity index is 238. The van der Waals surface area contributed by atoms with Crippen molar-refractivity contribution >= 4 is 0 Å². The van der Waals surface area contributed by atoms with E-state index in [0.717, 1.165) is 6.54 Å². The average molecular weight is 193 g/mol. The molecule has 0 fully saturated rings. The minimum atomic E-state index is 0.165. The van der Waals surface area contributed by atoms with Gasteiger partial charge in [-0.3, -0.25) is 0 Å². The summed E-state index contributed by atoms with van der Waals surface area (Å²) < 4.78 is 0. The van der Waals surface area contributed by atoms with Gasteiger partial charge in [0.1, 0.15) is 0 Å². The zero-order valence-corrected chi connectivity index (χ0v) is 10.1. The van der Waals surface area contributed by atoms with Gasteiger partial charge in [-0.2, -0.15) is 0 Å². The van der Waals surface area contributed by atoms with Gasteiger partial charge in [-0.1, -0.05) is 45.1 Å². The summed E-state index contributed by atoms with van der Waals surface area (Å²) in [6, 6.07) is 0. The predicted molar refractivity (Wildman–Crippen MR) is 65.2 cm³/mol. The number of nitrogens with one attached hydrogen (secondary N) is 1. The lowest BCUT2D eigenvalue weighted by Crippen LogP contribution is -2.14. The van der Waals surface area contributed by atoms with Crippen LogP contribution in [0, 0.1) is 5.41 Å². The Morgan fingerprint density at radius 2 is 1.93 bits per heavy atom. The molecule has 0 bridgehead atoms. The second-order valence-electron chi connectivity index (χ2n) is 4.57. The lowest BCUT2D eigenvalue weighted by molar-refractivity contribution is 0.513. The summed E-state index contributed by atoms with van der Waals surface area (Å²) in [7, 11) is 0. The van der Waals surface area contributed by atoms with Crippen LogP contribution < -0.4 is 5.32 Å². The molecule has 0 atom stereocenters. The molecule has 0 unspecified atom stereocenters. The highest BCUT2D eigenvalue weighted by Gasteiger charge is 2.13. The van der Waals surface area contributed by atoms with Crippen molar-refractivity contribution in [1.82, 2.24) is 5.32 Å². The van der Waals surface area contributed by atoms with E-state index in [1.54, 1.807) is 0 Å². The molecule has 0 aromatic rings. The largest absolute Gasteiger partial charge is 0.387 e. The minimum Gasteiger partial charge on any atom is -0.387 e. The first-order valence-electron chi connectivity index (χ1n) is 5.10. The van der Waals surface area contributed by atoms with E-state index in [1.807, 2.05) is 6.08 Å². The molecule has 0 aliphatic rings. The Hall–Kier alpha value is -0.980. The summed E-state index contributed by atoms with van der Waals surface area (Å²) in [5.41, 5.74) is 2.75. The molecule has 0 aromatic heterocycles. The Morgan fingerprint density at radius 1 is 1.36 bits per heavy atom. The van der Waals surface area contributed by atoms with Gasteiger partial charge < -0.3 is 5.32 Å². The van der Waals surface area contributed by atoms with Crippen LogP contribution in [0.25, 0.3) is 0 Å². The first-order valence-corrected chi connectivity index (χ1v) is 5.10. The predicted octanol–water partition coefficient (Wildman–Crippen LogP) is 3.66. The fourth-order valence-electron chi connectivity index (χ4n) is 1.01. The molecule has 0 aromatic carbocycles. The Labute approximate surface area is 88.6 Å². The Morgan fingerprint density at radius 3 is 2.29 bits per heavy atom.